The van der Waals surface area contributed by atoms with Gasteiger partial charge in [-0.15, -0.1) is 0 Å². The van der Waals surface area contributed by atoms with E-state index in [1.54, 1.807) is 18.3 Å². The number of halogens is 2. The molecule has 0 aliphatic heterocycles. The van der Waals surface area contributed by atoms with E-state index in [1.165, 1.54) is 0 Å². The summed E-state index contributed by atoms with van der Waals surface area (Å²) in [5.74, 6) is 0. The Kier molecular flexibility index (Phi) is 4.10. The van der Waals surface area contributed by atoms with Crippen molar-refractivity contribution < 1.29 is 5.11 Å². The highest BCUT2D eigenvalue weighted by atomic mass is 79.9. The van der Waals surface area contributed by atoms with Gasteiger partial charge >= 0.3 is 0 Å². The number of benzene rings is 1. The Bertz CT molecular complexity index is 536. The highest BCUT2D eigenvalue weighted by molar-refractivity contribution is 9.10. The van der Waals surface area contributed by atoms with Gasteiger partial charge in [0.2, 0.25) is 0 Å². The third-order valence-electron chi connectivity index (χ3n) is 2.76. The number of aromatic nitrogens is 2. The van der Waals surface area contributed by atoms with Crippen LogP contribution in [0.1, 0.15) is 37.3 Å². The van der Waals surface area contributed by atoms with E-state index < -0.39 is 6.10 Å². The Labute approximate surface area is 120 Å². The van der Waals surface area contributed by atoms with Crippen LogP contribution in [0.25, 0.3) is 0 Å². The molecule has 0 aliphatic rings. The van der Waals surface area contributed by atoms with Crippen LogP contribution in [-0.2, 0) is 0 Å². The highest BCUT2D eigenvalue weighted by Crippen LogP contribution is 2.28. The molecule has 0 saturated carbocycles. The van der Waals surface area contributed by atoms with Crippen LogP contribution in [0, 0.1) is 0 Å². The molecule has 1 N–H and O–H groups in total. The third kappa shape index (κ3) is 2.60. The first kappa shape index (κ1) is 13.6. The standard InChI is InChI=1S/C13H14BrClN2O/c1-8(2)17-11(7-16-13(17)14)12(18)9-3-5-10(15)6-4-9/h3-8,12,18H,1-2H3. The monoisotopic (exact) mass is 328 g/mol. The molecule has 0 saturated heterocycles. The quantitative estimate of drug-likeness (QED) is 0.925. The van der Waals surface area contributed by atoms with Crippen LogP contribution in [-0.4, -0.2) is 14.7 Å². The lowest BCUT2D eigenvalue weighted by atomic mass is 10.1. The molecule has 0 amide bonds. The molecule has 0 spiro atoms. The number of imidazole rings is 1. The fourth-order valence-corrected chi connectivity index (χ4v) is 2.72. The molecule has 96 valence electrons. The van der Waals surface area contributed by atoms with E-state index in [2.05, 4.69) is 20.9 Å². The van der Waals surface area contributed by atoms with Gasteiger partial charge in [-0.1, -0.05) is 23.7 Å². The smallest absolute Gasteiger partial charge is 0.177 e. The van der Waals surface area contributed by atoms with Crippen molar-refractivity contribution >= 4 is 27.5 Å². The number of nitrogens with zero attached hydrogens (tertiary/aromatic N) is 2. The molecule has 0 radical (unpaired) electrons. The van der Waals surface area contributed by atoms with Crippen molar-refractivity contribution in [2.24, 2.45) is 0 Å². The molecule has 2 rings (SSSR count). The van der Waals surface area contributed by atoms with Gasteiger partial charge in [0, 0.05) is 11.1 Å². The summed E-state index contributed by atoms with van der Waals surface area (Å²) < 4.78 is 2.68. The van der Waals surface area contributed by atoms with Crippen LogP contribution in [0.5, 0.6) is 0 Å². The average molecular weight is 330 g/mol. The Morgan fingerprint density at radius 3 is 2.44 bits per heavy atom. The summed E-state index contributed by atoms with van der Waals surface area (Å²) >= 11 is 9.23. The van der Waals surface area contributed by atoms with E-state index in [1.807, 2.05) is 30.5 Å². The molecule has 2 aromatic rings. The van der Waals surface area contributed by atoms with Crippen molar-refractivity contribution in [2.45, 2.75) is 26.0 Å². The molecule has 3 nitrogen and oxygen atoms in total. The van der Waals surface area contributed by atoms with E-state index in [9.17, 15) is 5.11 Å². The van der Waals surface area contributed by atoms with Crippen LogP contribution >= 0.6 is 27.5 Å². The molecule has 0 fully saturated rings. The Hall–Kier alpha value is -0.840. The Morgan fingerprint density at radius 1 is 1.28 bits per heavy atom. The van der Waals surface area contributed by atoms with Gasteiger partial charge in [-0.2, -0.15) is 0 Å². The second kappa shape index (κ2) is 5.43. The first-order chi connectivity index (χ1) is 8.50. The van der Waals surface area contributed by atoms with Crippen LogP contribution in [0.3, 0.4) is 0 Å². The van der Waals surface area contributed by atoms with Crippen LogP contribution in [0.15, 0.2) is 35.2 Å². The molecule has 5 heteroatoms. The van der Waals surface area contributed by atoms with Gasteiger partial charge in [-0.25, -0.2) is 4.98 Å². The van der Waals surface area contributed by atoms with Gasteiger partial charge in [-0.3, -0.25) is 0 Å². The zero-order valence-electron chi connectivity index (χ0n) is 10.1. The molecular formula is C13H14BrClN2O. The van der Waals surface area contributed by atoms with E-state index >= 15 is 0 Å². The molecule has 0 bridgehead atoms. The maximum atomic E-state index is 10.4. The minimum Gasteiger partial charge on any atom is -0.382 e. The molecule has 1 atom stereocenters. The molecular weight excluding hydrogens is 316 g/mol. The number of rotatable bonds is 3. The van der Waals surface area contributed by atoms with Gasteiger partial charge in [-0.05, 0) is 47.5 Å². The number of hydrogen-bond donors (Lipinski definition) is 1. The third-order valence-corrected chi connectivity index (χ3v) is 3.60. The van der Waals surface area contributed by atoms with Crippen LogP contribution < -0.4 is 0 Å². The van der Waals surface area contributed by atoms with E-state index in [-0.39, 0.29) is 6.04 Å². The van der Waals surface area contributed by atoms with Crippen LogP contribution in [0.2, 0.25) is 5.02 Å². The predicted octanol–water partition coefficient (Wildman–Crippen LogP) is 3.96. The van der Waals surface area contributed by atoms with Gasteiger partial charge in [0.25, 0.3) is 0 Å². The van der Waals surface area contributed by atoms with Crippen molar-refractivity contribution in [3.63, 3.8) is 0 Å². The molecule has 18 heavy (non-hydrogen) atoms. The van der Waals surface area contributed by atoms with Crippen molar-refractivity contribution in [3.8, 4) is 0 Å². The maximum absolute atomic E-state index is 10.4. The zero-order valence-corrected chi connectivity index (χ0v) is 12.5. The topological polar surface area (TPSA) is 38.0 Å². The lowest BCUT2D eigenvalue weighted by Gasteiger charge is -2.17. The minimum atomic E-state index is -0.705. The largest absolute Gasteiger partial charge is 0.382 e. The summed E-state index contributed by atoms with van der Waals surface area (Å²) in [5, 5.41) is 11.1. The molecule has 1 aromatic heterocycles. The van der Waals surface area contributed by atoms with Gasteiger partial charge < -0.3 is 9.67 Å². The first-order valence-electron chi connectivity index (χ1n) is 5.67. The predicted molar refractivity (Wildman–Crippen MR) is 75.8 cm³/mol. The summed E-state index contributed by atoms with van der Waals surface area (Å²) in [4.78, 5) is 4.20. The van der Waals surface area contributed by atoms with Crippen molar-refractivity contribution in [3.05, 3.63) is 51.5 Å². The molecule has 1 unspecified atom stereocenters. The van der Waals surface area contributed by atoms with E-state index in [4.69, 9.17) is 11.6 Å². The molecule has 0 aliphatic carbocycles. The summed E-state index contributed by atoms with van der Waals surface area (Å²) in [6.07, 6.45) is 0.979. The van der Waals surface area contributed by atoms with E-state index in [0.717, 1.165) is 16.0 Å². The second-order valence-electron chi connectivity index (χ2n) is 4.37. The lowest BCUT2D eigenvalue weighted by Crippen LogP contribution is -2.11. The van der Waals surface area contributed by atoms with Crippen molar-refractivity contribution in [1.82, 2.24) is 9.55 Å². The van der Waals surface area contributed by atoms with E-state index in [0.29, 0.717) is 5.02 Å². The van der Waals surface area contributed by atoms with Crippen molar-refractivity contribution in [2.75, 3.05) is 0 Å². The summed E-state index contributed by atoms with van der Waals surface area (Å²) in [7, 11) is 0. The fraction of sp³-hybridized carbons (Fsp3) is 0.308. The number of aliphatic hydroxyl groups is 1. The first-order valence-corrected chi connectivity index (χ1v) is 6.84. The molecule has 1 heterocycles. The minimum absolute atomic E-state index is 0.221. The summed E-state index contributed by atoms with van der Waals surface area (Å²) in [6.45, 7) is 4.09. The number of aliphatic hydroxyl groups excluding tert-OH is 1. The van der Waals surface area contributed by atoms with Gasteiger partial charge in [0.15, 0.2) is 4.73 Å². The Balaban J connectivity index is 2.40. The fourth-order valence-electron chi connectivity index (χ4n) is 1.88. The van der Waals surface area contributed by atoms with Gasteiger partial charge in [0.1, 0.15) is 6.10 Å². The SMILES string of the molecule is CC(C)n1c(C(O)c2ccc(Cl)cc2)cnc1Br. The Morgan fingerprint density at radius 2 is 1.89 bits per heavy atom. The normalized spacial score (nSPS) is 13.0. The number of hydrogen-bond acceptors (Lipinski definition) is 2. The zero-order chi connectivity index (χ0) is 13.3. The maximum Gasteiger partial charge on any atom is 0.177 e. The summed E-state index contributed by atoms with van der Waals surface area (Å²) in [5.41, 5.74) is 1.56. The van der Waals surface area contributed by atoms with Crippen LogP contribution in [0.4, 0.5) is 0 Å². The van der Waals surface area contributed by atoms with Gasteiger partial charge in [0.05, 0.1) is 11.9 Å². The summed E-state index contributed by atoms with van der Waals surface area (Å²) in [6, 6.07) is 7.40. The lowest BCUT2D eigenvalue weighted by molar-refractivity contribution is 0.207. The highest BCUT2D eigenvalue weighted by Gasteiger charge is 2.19. The van der Waals surface area contributed by atoms with Crippen molar-refractivity contribution in [1.29, 1.82) is 0 Å². The molecule has 1 aromatic carbocycles. The average Bonchev–Trinajstić information content (AvgIpc) is 2.71. The second-order valence-corrected chi connectivity index (χ2v) is 5.52.